The van der Waals surface area contributed by atoms with E-state index in [0.29, 0.717) is 17.4 Å². The van der Waals surface area contributed by atoms with Crippen LogP contribution in [0, 0.1) is 5.92 Å². The Balaban J connectivity index is 0.00000420. The summed E-state index contributed by atoms with van der Waals surface area (Å²) in [5.74, 6) is 0.892. The summed E-state index contributed by atoms with van der Waals surface area (Å²) in [4.78, 5) is 6.55. The Hall–Kier alpha value is -1.27. The lowest BCUT2D eigenvalue weighted by Gasteiger charge is -2.32. The smallest absolute Gasteiger partial charge is 0.405 e. The van der Waals surface area contributed by atoms with E-state index in [4.69, 9.17) is 4.74 Å². The van der Waals surface area contributed by atoms with Gasteiger partial charge in [0.25, 0.3) is 0 Å². The molecular weight excluding hydrogens is 500 g/mol. The molecule has 1 aliphatic heterocycles. The number of hydrogen-bond acceptors (Lipinski definition) is 4. The van der Waals surface area contributed by atoms with E-state index in [-0.39, 0.29) is 36.3 Å². The minimum absolute atomic E-state index is 0. The van der Waals surface area contributed by atoms with Gasteiger partial charge in [-0.2, -0.15) is 0 Å². The number of para-hydroxylation sites is 1. The maximum Gasteiger partial charge on any atom is 0.573 e. The van der Waals surface area contributed by atoms with Crippen LogP contribution >= 0.6 is 24.0 Å². The third-order valence-corrected chi connectivity index (χ3v) is 4.75. The molecule has 0 aliphatic carbocycles. The Kier molecular flexibility index (Phi) is 11.7. The summed E-state index contributed by atoms with van der Waals surface area (Å²) in [6.07, 6.45) is -2.53. The fraction of sp³-hybridized carbons (Fsp3) is 0.632. The summed E-state index contributed by atoms with van der Waals surface area (Å²) in [6.45, 7) is 4.76. The van der Waals surface area contributed by atoms with Crippen LogP contribution in [0.1, 0.15) is 18.4 Å². The molecule has 2 N–H and O–H groups in total. The number of nitrogens with zero attached hydrogens (tertiary/aromatic N) is 2. The van der Waals surface area contributed by atoms with E-state index in [1.165, 1.54) is 12.1 Å². The average molecular weight is 530 g/mol. The van der Waals surface area contributed by atoms with Crippen molar-refractivity contribution in [1.29, 1.82) is 0 Å². The summed E-state index contributed by atoms with van der Waals surface area (Å²) >= 11 is 0. The van der Waals surface area contributed by atoms with Crippen LogP contribution in [-0.2, 0) is 11.3 Å². The van der Waals surface area contributed by atoms with Crippen molar-refractivity contribution >= 4 is 29.9 Å². The Morgan fingerprint density at radius 1 is 1.21 bits per heavy atom. The summed E-state index contributed by atoms with van der Waals surface area (Å²) < 4.78 is 46.8. The monoisotopic (exact) mass is 530 g/mol. The van der Waals surface area contributed by atoms with E-state index < -0.39 is 6.36 Å². The lowest BCUT2D eigenvalue weighted by atomic mass is 9.97. The summed E-state index contributed by atoms with van der Waals surface area (Å²) in [5.41, 5.74) is 0.411. The van der Waals surface area contributed by atoms with Crippen molar-refractivity contribution in [2.75, 3.05) is 46.9 Å². The van der Waals surface area contributed by atoms with Gasteiger partial charge in [-0.15, -0.1) is 37.1 Å². The fourth-order valence-electron chi connectivity index (χ4n) is 3.15. The molecule has 0 atom stereocenters. The highest BCUT2D eigenvalue weighted by Gasteiger charge is 2.32. The number of benzene rings is 1. The molecule has 1 fully saturated rings. The van der Waals surface area contributed by atoms with Gasteiger partial charge in [0, 0.05) is 39.4 Å². The van der Waals surface area contributed by atoms with Crippen LogP contribution in [0.4, 0.5) is 13.2 Å². The molecule has 166 valence electrons. The molecule has 0 aromatic heterocycles. The van der Waals surface area contributed by atoms with E-state index in [2.05, 4.69) is 25.3 Å². The molecule has 1 heterocycles. The summed E-state index contributed by atoms with van der Waals surface area (Å²) in [7, 11) is 3.35. The van der Waals surface area contributed by atoms with Gasteiger partial charge in [0.2, 0.25) is 0 Å². The topological polar surface area (TPSA) is 58.1 Å². The third-order valence-electron chi connectivity index (χ3n) is 4.75. The SMILES string of the molecule is CN=C(NCc1ccccc1OC(F)(F)F)NCC1CCN(CCOC)CC1.I. The fourth-order valence-corrected chi connectivity index (χ4v) is 3.15. The van der Waals surface area contributed by atoms with E-state index in [1.807, 2.05) is 0 Å². The van der Waals surface area contributed by atoms with Crippen LogP contribution in [0.15, 0.2) is 29.3 Å². The summed E-state index contributed by atoms with van der Waals surface area (Å²) in [5, 5.41) is 6.32. The highest BCUT2D eigenvalue weighted by atomic mass is 127. The van der Waals surface area contributed by atoms with Crippen molar-refractivity contribution in [1.82, 2.24) is 15.5 Å². The second-order valence-electron chi connectivity index (χ2n) is 6.74. The molecule has 2 rings (SSSR count). The number of likely N-dealkylation sites (tertiary alicyclic amines) is 1. The van der Waals surface area contributed by atoms with Gasteiger partial charge in [-0.3, -0.25) is 4.99 Å². The zero-order chi connectivity index (χ0) is 20.4. The summed E-state index contributed by atoms with van der Waals surface area (Å²) in [6, 6.07) is 6.08. The van der Waals surface area contributed by atoms with Gasteiger partial charge < -0.3 is 25.0 Å². The quantitative estimate of drug-likeness (QED) is 0.307. The van der Waals surface area contributed by atoms with Gasteiger partial charge in [-0.05, 0) is 37.9 Å². The van der Waals surface area contributed by atoms with E-state index in [1.54, 1.807) is 26.3 Å². The highest BCUT2D eigenvalue weighted by Crippen LogP contribution is 2.26. The van der Waals surface area contributed by atoms with Gasteiger partial charge in [0.1, 0.15) is 5.75 Å². The van der Waals surface area contributed by atoms with Crippen molar-refractivity contribution in [3.05, 3.63) is 29.8 Å². The van der Waals surface area contributed by atoms with E-state index in [0.717, 1.165) is 45.6 Å². The number of rotatable bonds is 8. The second kappa shape index (κ2) is 13.1. The van der Waals surface area contributed by atoms with Crippen molar-refractivity contribution in [2.24, 2.45) is 10.9 Å². The highest BCUT2D eigenvalue weighted by molar-refractivity contribution is 14.0. The van der Waals surface area contributed by atoms with Gasteiger partial charge >= 0.3 is 6.36 Å². The molecule has 29 heavy (non-hydrogen) atoms. The Bertz CT molecular complexity index is 624. The molecule has 1 aliphatic rings. The molecule has 0 bridgehead atoms. The predicted octanol–water partition coefficient (Wildman–Crippen LogP) is 3.23. The Morgan fingerprint density at radius 3 is 2.52 bits per heavy atom. The first kappa shape index (κ1) is 25.8. The predicted molar refractivity (Wildman–Crippen MR) is 118 cm³/mol. The zero-order valence-electron chi connectivity index (χ0n) is 16.8. The number of aliphatic imine (C=N–C) groups is 1. The molecule has 6 nitrogen and oxygen atoms in total. The minimum atomic E-state index is -4.71. The molecule has 1 aromatic rings. The van der Waals surface area contributed by atoms with Gasteiger partial charge in [-0.25, -0.2) is 0 Å². The normalized spacial score (nSPS) is 16.2. The van der Waals surface area contributed by atoms with Crippen molar-refractivity contribution in [3.8, 4) is 5.75 Å². The largest absolute Gasteiger partial charge is 0.573 e. The maximum atomic E-state index is 12.5. The molecule has 0 radical (unpaired) electrons. The standard InChI is InChI=1S/C19H29F3N4O2.HI/c1-23-18(24-13-15-7-9-26(10-8-15)11-12-27-2)25-14-16-5-3-4-6-17(16)28-19(20,21)22;/h3-6,15H,7-14H2,1-2H3,(H2,23,24,25);1H. The van der Waals surface area contributed by atoms with Crippen LogP contribution in [0.5, 0.6) is 5.75 Å². The van der Waals surface area contributed by atoms with E-state index >= 15 is 0 Å². The van der Waals surface area contributed by atoms with Gasteiger partial charge in [-0.1, -0.05) is 18.2 Å². The number of nitrogens with one attached hydrogen (secondary N) is 2. The lowest BCUT2D eigenvalue weighted by Crippen LogP contribution is -2.43. The molecule has 0 saturated carbocycles. The van der Waals surface area contributed by atoms with Gasteiger partial charge in [0.15, 0.2) is 5.96 Å². The number of hydrogen-bond donors (Lipinski definition) is 2. The molecule has 0 unspecified atom stereocenters. The average Bonchev–Trinajstić information content (AvgIpc) is 2.67. The molecule has 0 spiro atoms. The first-order valence-electron chi connectivity index (χ1n) is 9.40. The van der Waals surface area contributed by atoms with Crippen molar-refractivity contribution < 1.29 is 22.6 Å². The van der Waals surface area contributed by atoms with E-state index in [9.17, 15) is 13.2 Å². The van der Waals surface area contributed by atoms with Crippen LogP contribution in [0.2, 0.25) is 0 Å². The first-order chi connectivity index (χ1) is 13.4. The van der Waals surface area contributed by atoms with Crippen LogP contribution < -0.4 is 15.4 Å². The minimum Gasteiger partial charge on any atom is -0.405 e. The molecule has 1 saturated heterocycles. The Labute approximate surface area is 187 Å². The van der Waals surface area contributed by atoms with Crippen molar-refractivity contribution in [2.45, 2.75) is 25.7 Å². The zero-order valence-corrected chi connectivity index (χ0v) is 19.1. The number of piperidine rings is 1. The third kappa shape index (κ3) is 9.85. The first-order valence-corrected chi connectivity index (χ1v) is 9.40. The Morgan fingerprint density at radius 2 is 1.90 bits per heavy atom. The van der Waals surface area contributed by atoms with Crippen LogP contribution in [0.3, 0.4) is 0 Å². The van der Waals surface area contributed by atoms with Crippen LogP contribution in [-0.4, -0.2) is 64.2 Å². The van der Waals surface area contributed by atoms with Gasteiger partial charge in [0.05, 0.1) is 6.61 Å². The molecular formula is C19H30F3IN4O2. The molecule has 0 amide bonds. The number of guanidine groups is 1. The second-order valence-corrected chi connectivity index (χ2v) is 6.74. The number of halogens is 4. The molecule has 1 aromatic carbocycles. The van der Waals surface area contributed by atoms with Crippen molar-refractivity contribution in [3.63, 3.8) is 0 Å². The number of alkyl halides is 3. The number of ether oxygens (including phenoxy) is 2. The maximum absolute atomic E-state index is 12.5. The van der Waals surface area contributed by atoms with Crippen LogP contribution in [0.25, 0.3) is 0 Å². The molecule has 10 heteroatoms. The lowest BCUT2D eigenvalue weighted by molar-refractivity contribution is -0.274. The number of methoxy groups -OCH3 is 1.